The lowest BCUT2D eigenvalue weighted by Gasteiger charge is -2.38. The van der Waals surface area contributed by atoms with Crippen molar-refractivity contribution in [2.75, 3.05) is 14.2 Å². The van der Waals surface area contributed by atoms with Crippen molar-refractivity contribution in [2.45, 2.75) is 77.7 Å². The summed E-state index contributed by atoms with van der Waals surface area (Å²) in [6.45, 7) is 10.1. The van der Waals surface area contributed by atoms with Crippen molar-refractivity contribution in [3.05, 3.63) is 33.1 Å². The Morgan fingerprint density at radius 3 is 2.32 bits per heavy atom. The summed E-state index contributed by atoms with van der Waals surface area (Å²) in [6, 6.07) is 1.58. The van der Waals surface area contributed by atoms with Gasteiger partial charge in [0.05, 0.1) is 6.10 Å². The van der Waals surface area contributed by atoms with E-state index in [4.69, 9.17) is 18.5 Å². The third-order valence-electron chi connectivity index (χ3n) is 5.27. The lowest BCUT2D eigenvalue weighted by molar-refractivity contribution is -0.111. The average Bonchev–Trinajstić information content (AvgIpc) is 3.05. The number of aromatic nitrogens is 2. The smallest absolute Gasteiger partial charge is 0.330 e. The molecule has 2 heterocycles. The van der Waals surface area contributed by atoms with Crippen molar-refractivity contribution >= 4 is 14.8 Å². The zero-order valence-corrected chi connectivity index (χ0v) is 20.1. The Balaban J connectivity index is 2.45. The van der Waals surface area contributed by atoms with Gasteiger partial charge in [-0.3, -0.25) is 14.3 Å². The Hall–Kier alpha value is -1.42. The van der Waals surface area contributed by atoms with E-state index in [9.17, 15) is 14.4 Å². The first kappa shape index (κ1) is 25.8. The fraction of sp³-hybridized carbons (Fsp3) is 0.750. The Morgan fingerprint density at radius 2 is 1.84 bits per heavy atom. The number of nitrogens with zero attached hydrogens (tertiary/aromatic N) is 2. The Labute approximate surface area is 183 Å². The number of aromatic amines is 1. The molecular formula is C20H34N3O7P. The van der Waals surface area contributed by atoms with Crippen molar-refractivity contribution in [2.24, 2.45) is 5.92 Å². The lowest BCUT2D eigenvalue weighted by Crippen LogP contribution is -2.42. The maximum absolute atomic E-state index is 12.4. The zero-order valence-electron chi connectivity index (χ0n) is 19.2. The van der Waals surface area contributed by atoms with Crippen molar-refractivity contribution in [1.29, 1.82) is 0 Å². The highest BCUT2D eigenvalue weighted by molar-refractivity contribution is 7.44. The number of carbonyl (C=O) groups excluding carboxylic acids is 1. The standard InChI is InChI=1S/C20H34N3O7P/c1-12(2)23(13(3)4)31(28-7)30-17-16(14(5)9-11-24)29-19(18(17)27-6)22-10-8-15(25)21-20(22)26/h8,10-14,16-19H,9H2,1-7H3,(H,21,25,26)/t14-,16+,17?,18-,19+,31?/m0/s1. The van der Waals surface area contributed by atoms with Crippen LogP contribution >= 0.6 is 8.53 Å². The molecule has 1 N–H and O–H groups in total. The molecule has 6 atom stereocenters. The van der Waals surface area contributed by atoms with Gasteiger partial charge in [0, 0.05) is 45.0 Å². The molecule has 1 aliphatic rings. The predicted octanol–water partition coefficient (Wildman–Crippen LogP) is 2.05. The van der Waals surface area contributed by atoms with E-state index >= 15 is 0 Å². The molecule has 0 aromatic carbocycles. The van der Waals surface area contributed by atoms with Crippen LogP contribution in [0.15, 0.2) is 21.9 Å². The summed E-state index contributed by atoms with van der Waals surface area (Å²) in [5, 5.41) is 0. The molecule has 11 heteroatoms. The first-order chi connectivity index (χ1) is 14.7. The van der Waals surface area contributed by atoms with E-state index in [-0.39, 0.29) is 24.4 Å². The second kappa shape index (κ2) is 11.4. The van der Waals surface area contributed by atoms with Crippen molar-refractivity contribution in [1.82, 2.24) is 14.2 Å². The number of hydrogen-bond acceptors (Lipinski definition) is 8. The molecule has 1 aliphatic heterocycles. The van der Waals surface area contributed by atoms with E-state index in [2.05, 4.69) is 37.3 Å². The van der Waals surface area contributed by atoms with Gasteiger partial charge in [0.1, 0.15) is 18.5 Å². The van der Waals surface area contributed by atoms with Crippen LogP contribution < -0.4 is 11.2 Å². The van der Waals surface area contributed by atoms with Crippen LogP contribution in [0.3, 0.4) is 0 Å². The van der Waals surface area contributed by atoms with E-state index in [0.29, 0.717) is 0 Å². The first-order valence-electron chi connectivity index (χ1n) is 10.4. The maximum atomic E-state index is 12.4. The highest BCUT2D eigenvalue weighted by atomic mass is 31.2. The van der Waals surface area contributed by atoms with Crippen LogP contribution in [0, 0.1) is 5.92 Å². The van der Waals surface area contributed by atoms with E-state index in [1.807, 2.05) is 6.92 Å². The lowest BCUT2D eigenvalue weighted by atomic mass is 9.96. The topological polar surface area (TPSA) is 112 Å². The second-order valence-electron chi connectivity index (χ2n) is 8.15. The van der Waals surface area contributed by atoms with Crippen LogP contribution in [0.25, 0.3) is 0 Å². The van der Waals surface area contributed by atoms with Gasteiger partial charge in [-0.2, -0.15) is 0 Å². The molecule has 0 spiro atoms. The van der Waals surface area contributed by atoms with E-state index in [1.165, 1.54) is 23.9 Å². The molecule has 2 unspecified atom stereocenters. The van der Waals surface area contributed by atoms with Gasteiger partial charge in [-0.1, -0.05) is 6.92 Å². The van der Waals surface area contributed by atoms with Crippen LogP contribution in [-0.2, 0) is 23.3 Å². The summed E-state index contributed by atoms with van der Waals surface area (Å²) in [5.41, 5.74) is -1.11. The Morgan fingerprint density at radius 1 is 1.19 bits per heavy atom. The van der Waals surface area contributed by atoms with Gasteiger partial charge >= 0.3 is 5.69 Å². The van der Waals surface area contributed by atoms with Crippen LogP contribution in [0.5, 0.6) is 0 Å². The maximum Gasteiger partial charge on any atom is 0.330 e. The van der Waals surface area contributed by atoms with Gasteiger partial charge in [0.2, 0.25) is 0 Å². The van der Waals surface area contributed by atoms with Gasteiger partial charge in [0.25, 0.3) is 14.1 Å². The SMILES string of the molecule is CO[C@H]1C(OP(OC)N(C(C)C)C(C)C)[C@@H]([C@@H](C)CC=O)O[C@H]1n1ccc(=O)[nH]c1=O. The first-order valence-corrected chi connectivity index (χ1v) is 11.5. The fourth-order valence-corrected chi connectivity index (χ4v) is 5.49. The van der Waals surface area contributed by atoms with Gasteiger partial charge in [-0.15, -0.1) is 0 Å². The molecule has 1 fully saturated rings. The predicted molar refractivity (Wildman–Crippen MR) is 117 cm³/mol. The van der Waals surface area contributed by atoms with Crippen molar-refractivity contribution in [3.8, 4) is 0 Å². The van der Waals surface area contributed by atoms with Crippen molar-refractivity contribution < 1.29 is 23.3 Å². The normalized spacial score (nSPS) is 26.0. The summed E-state index contributed by atoms with van der Waals surface area (Å²) in [7, 11) is 1.64. The molecule has 0 aliphatic carbocycles. The highest BCUT2D eigenvalue weighted by Gasteiger charge is 2.51. The Bertz CT molecular complexity index is 819. The summed E-state index contributed by atoms with van der Waals surface area (Å²) >= 11 is 0. The summed E-state index contributed by atoms with van der Waals surface area (Å²) in [5.74, 6) is -0.191. The van der Waals surface area contributed by atoms with Gasteiger partial charge in [-0.25, -0.2) is 9.46 Å². The molecular weight excluding hydrogens is 425 g/mol. The molecule has 1 aromatic heterocycles. The summed E-state index contributed by atoms with van der Waals surface area (Å²) in [6.07, 6.45) is -0.162. The fourth-order valence-electron chi connectivity index (χ4n) is 3.90. The van der Waals surface area contributed by atoms with Gasteiger partial charge in [0.15, 0.2) is 6.23 Å². The average molecular weight is 459 g/mol. The number of rotatable bonds is 11. The summed E-state index contributed by atoms with van der Waals surface area (Å²) in [4.78, 5) is 37.3. The minimum absolute atomic E-state index is 0.165. The van der Waals surface area contributed by atoms with E-state index < -0.39 is 44.3 Å². The molecule has 0 bridgehead atoms. The van der Waals surface area contributed by atoms with Crippen LogP contribution in [0.2, 0.25) is 0 Å². The third-order valence-corrected chi connectivity index (χ3v) is 7.30. The molecule has 0 radical (unpaired) electrons. The number of methoxy groups -OCH3 is 1. The van der Waals surface area contributed by atoms with E-state index in [0.717, 1.165) is 6.29 Å². The number of aldehydes is 1. The van der Waals surface area contributed by atoms with Crippen LogP contribution in [-0.4, -0.2) is 65.1 Å². The molecule has 1 aromatic rings. The number of ether oxygens (including phenoxy) is 2. The highest BCUT2D eigenvalue weighted by Crippen LogP contribution is 2.50. The third kappa shape index (κ3) is 5.88. The van der Waals surface area contributed by atoms with Crippen LogP contribution in [0.1, 0.15) is 47.3 Å². The zero-order chi connectivity index (χ0) is 23.3. The van der Waals surface area contributed by atoms with Crippen molar-refractivity contribution in [3.63, 3.8) is 0 Å². The number of nitrogens with one attached hydrogen (secondary N) is 1. The minimum atomic E-state index is -1.47. The molecule has 0 amide bonds. The quantitative estimate of drug-likeness (QED) is 0.395. The molecule has 1 saturated heterocycles. The number of carbonyl (C=O) groups is 1. The Kier molecular flexibility index (Phi) is 9.54. The second-order valence-corrected chi connectivity index (χ2v) is 9.66. The minimum Gasteiger partial charge on any atom is -0.374 e. The summed E-state index contributed by atoms with van der Waals surface area (Å²) < 4.78 is 27.5. The molecule has 176 valence electrons. The largest absolute Gasteiger partial charge is 0.374 e. The monoisotopic (exact) mass is 459 g/mol. The van der Waals surface area contributed by atoms with Gasteiger partial charge < -0.3 is 23.3 Å². The molecule has 2 rings (SSSR count). The number of hydrogen-bond donors (Lipinski definition) is 1. The molecule has 31 heavy (non-hydrogen) atoms. The van der Waals surface area contributed by atoms with E-state index in [1.54, 1.807) is 7.11 Å². The van der Waals surface area contributed by atoms with Crippen LogP contribution in [0.4, 0.5) is 0 Å². The molecule has 10 nitrogen and oxygen atoms in total. The molecule has 0 saturated carbocycles. The van der Waals surface area contributed by atoms with Gasteiger partial charge in [-0.05, 0) is 33.6 Å². The number of H-pyrrole nitrogens is 1.